The molecular formula is C19H21N3O2S. The summed E-state index contributed by atoms with van der Waals surface area (Å²) in [6.45, 7) is 3.75. The van der Waals surface area contributed by atoms with Gasteiger partial charge in [0.15, 0.2) is 0 Å². The van der Waals surface area contributed by atoms with Crippen LogP contribution in [0.5, 0.6) is 0 Å². The second-order valence-electron chi connectivity index (χ2n) is 6.30. The molecule has 0 aliphatic heterocycles. The second-order valence-corrected chi connectivity index (χ2v) is 7.95. The molecule has 1 heterocycles. The zero-order valence-corrected chi connectivity index (χ0v) is 15.6. The van der Waals surface area contributed by atoms with Gasteiger partial charge in [-0.25, -0.2) is 13.4 Å². The SMILES string of the molecule is Cc1cc(C)nc(NS(=O)(=O)c2cccc3c(N(C)C)cccc23)c1. The molecule has 0 atom stereocenters. The van der Waals surface area contributed by atoms with Gasteiger partial charge in [0.2, 0.25) is 0 Å². The van der Waals surface area contributed by atoms with Gasteiger partial charge in [0.05, 0.1) is 4.90 Å². The molecular weight excluding hydrogens is 334 g/mol. The summed E-state index contributed by atoms with van der Waals surface area (Å²) in [6.07, 6.45) is 0. The molecule has 0 saturated heterocycles. The summed E-state index contributed by atoms with van der Waals surface area (Å²) in [7, 11) is 0.129. The van der Waals surface area contributed by atoms with Crippen LogP contribution in [-0.4, -0.2) is 27.5 Å². The number of rotatable bonds is 4. The fourth-order valence-corrected chi connectivity index (χ4v) is 4.19. The molecule has 0 amide bonds. The van der Waals surface area contributed by atoms with Crippen molar-refractivity contribution in [2.75, 3.05) is 23.7 Å². The largest absolute Gasteiger partial charge is 0.377 e. The van der Waals surface area contributed by atoms with Crippen LogP contribution in [-0.2, 0) is 10.0 Å². The summed E-state index contributed by atoms with van der Waals surface area (Å²) >= 11 is 0. The lowest BCUT2D eigenvalue weighted by molar-refractivity contribution is 0.602. The molecule has 0 aliphatic rings. The van der Waals surface area contributed by atoms with Gasteiger partial charge >= 0.3 is 0 Å². The van der Waals surface area contributed by atoms with Crippen LogP contribution in [0.25, 0.3) is 10.8 Å². The van der Waals surface area contributed by atoms with E-state index in [2.05, 4.69) is 9.71 Å². The minimum atomic E-state index is -3.75. The summed E-state index contributed by atoms with van der Waals surface area (Å²) in [5.74, 6) is 0.332. The number of benzene rings is 2. The molecule has 2 aromatic carbocycles. The fraction of sp³-hybridized carbons (Fsp3) is 0.211. The Hall–Kier alpha value is -2.60. The normalized spacial score (nSPS) is 11.5. The van der Waals surface area contributed by atoms with Gasteiger partial charge in [0.25, 0.3) is 10.0 Å². The van der Waals surface area contributed by atoms with Crippen LogP contribution in [0.3, 0.4) is 0 Å². The van der Waals surface area contributed by atoms with E-state index in [-0.39, 0.29) is 4.90 Å². The topological polar surface area (TPSA) is 62.3 Å². The molecule has 0 radical (unpaired) electrons. The van der Waals surface area contributed by atoms with Crippen molar-refractivity contribution in [1.82, 2.24) is 4.98 Å². The smallest absolute Gasteiger partial charge is 0.263 e. The van der Waals surface area contributed by atoms with E-state index >= 15 is 0 Å². The van der Waals surface area contributed by atoms with E-state index in [9.17, 15) is 8.42 Å². The number of hydrogen-bond donors (Lipinski definition) is 1. The predicted octanol–water partition coefficient (Wildman–Crippen LogP) is 3.72. The van der Waals surface area contributed by atoms with Gasteiger partial charge in [-0.2, -0.15) is 0 Å². The maximum atomic E-state index is 13.0. The predicted molar refractivity (Wildman–Crippen MR) is 103 cm³/mol. The molecule has 0 unspecified atom stereocenters. The van der Waals surface area contributed by atoms with Crippen LogP contribution < -0.4 is 9.62 Å². The summed E-state index contributed by atoms with van der Waals surface area (Å²) in [4.78, 5) is 6.49. The van der Waals surface area contributed by atoms with Gasteiger partial charge in [-0.1, -0.05) is 24.3 Å². The molecule has 5 nitrogen and oxygen atoms in total. The van der Waals surface area contributed by atoms with Crippen molar-refractivity contribution in [3.63, 3.8) is 0 Å². The maximum absolute atomic E-state index is 13.0. The van der Waals surface area contributed by atoms with E-state index in [4.69, 9.17) is 0 Å². The molecule has 1 N–H and O–H groups in total. The molecule has 3 rings (SSSR count). The molecule has 130 valence electrons. The first-order chi connectivity index (χ1) is 11.8. The van der Waals surface area contributed by atoms with Gasteiger partial charge < -0.3 is 4.90 Å². The monoisotopic (exact) mass is 355 g/mol. The Kier molecular flexibility index (Phi) is 4.39. The standard InChI is InChI=1S/C19H21N3O2S/c1-13-11-14(2)20-19(12-13)21-25(23,24)18-10-6-7-15-16(18)8-5-9-17(15)22(3)4/h5-12H,1-4H3,(H,20,21). The molecule has 0 fully saturated rings. The Bertz CT molecular complexity index is 1020. The average Bonchev–Trinajstić information content (AvgIpc) is 2.52. The maximum Gasteiger partial charge on any atom is 0.263 e. The number of hydrogen-bond acceptors (Lipinski definition) is 4. The van der Waals surface area contributed by atoms with Gasteiger partial charge in [0.1, 0.15) is 5.82 Å². The van der Waals surface area contributed by atoms with E-state index in [1.807, 2.05) is 63.2 Å². The first-order valence-electron chi connectivity index (χ1n) is 7.95. The summed E-state index contributed by atoms with van der Waals surface area (Å²) in [5, 5.41) is 1.58. The number of nitrogens with zero attached hydrogens (tertiary/aromatic N) is 2. The average molecular weight is 355 g/mol. The molecule has 0 spiro atoms. The Morgan fingerprint density at radius 3 is 2.32 bits per heavy atom. The van der Waals surface area contributed by atoms with Gasteiger partial charge in [0, 0.05) is 36.2 Å². The third-order valence-corrected chi connectivity index (χ3v) is 5.38. The van der Waals surface area contributed by atoms with Crippen molar-refractivity contribution >= 4 is 32.3 Å². The first-order valence-corrected chi connectivity index (χ1v) is 9.43. The van der Waals surface area contributed by atoms with Crippen LogP contribution in [0.2, 0.25) is 0 Å². The number of fused-ring (bicyclic) bond motifs is 1. The molecule has 25 heavy (non-hydrogen) atoms. The van der Waals surface area contributed by atoms with E-state index in [1.165, 1.54) is 0 Å². The Morgan fingerprint density at radius 2 is 1.64 bits per heavy atom. The van der Waals surface area contributed by atoms with E-state index in [1.54, 1.807) is 18.2 Å². The fourth-order valence-electron chi connectivity index (χ4n) is 2.98. The second kappa shape index (κ2) is 6.37. The Morgan fingerprint density at radius 1 is 0.960 bits per heavy atom. The van der Waals surface area contributed by atoms with Crippen LogP contribution in [0, 0.1) is 13.8 Å². The number of pyridine rings is 1. The van der Waals surface area contributed by atoms with E-state index in [0.717, 1.165) is 22.3 Å². The molecule has 0 bridgehead atoms. The highest BCUT2D eigenvalue weighted by Gasteiger charge is 2.19. The highest BCUT2D eigenvalue weighted by atomic mass is 32.2. The quantitative estimate of drug-likeness (QED) is 0.775. The van der Waals surface area contributed by atoms with Gasteiger partial charge in [-0.3, -0.25) is 4.72 Å². The summed E-state index contributed by atoms with van der Waals surface area (Å²) < 4.78 is 28.5. The Labute approximate surface area is 148 Å². The summed E-state index contributed by atoms with van der Waals surface area (Å²) in [5.41, 5.74) is 2.70. The number of nitrogens with one attached hydrogen (secondary N) is 1. The van der Waals surface area contributed by atoms with Gasteiger partial charge in [-0.05, 0) is 43.7 Å². The zero-order chi connectivity index (χ0) is 18.2. The van der Waals surface area contributed by atoms with E-state index < -0.39 is 10.0 Å². The lowest BCUT2D eigenvalue weighted by Crippen LogP contribution is -2.15. The van der Waals surface area contributed by atoms with E-state index in [0.29, 0.717) is 11.2 Å². The van der Waals surface area contributed by atoms with Crippen molar-refractivity contribution in [1.29, 1.82) is 0 Å². The number of aryl methyl sites for hydroxylation is 2. The molecule has 0 aliphatic carbocycles. The highest BCUT2D eigenvalue weighted by Crippen LogP contribution is 2.31. The van der Waals surface area contributed by atoms with Crippen LogP contribution >= 0.6 is 0 Å². The summed E-state index contributed by atoms with van der Waals surface area (Å²) in [6, 6.07) is 14.6. The number of sulfonamides is 1. The third kappa shape index (κ3) is 3.44. The van der Waals surface area contributed by atoms with Crippen molar-refractivity contribution in [2.45, 2.75) is 18.7 Å². The van der Waals surface area contributed by atoms with Crippen LogP contribution in [0.4, 0.5) is 11.5 Å². The van der Waals surface area contributed by atoms with Crippen molar-refractivity contribution < 1.29 is 8.42 Å². The van der Waals surface area contributed by atoms with Crippen LogP contribution in [0.1, 0.15) is 11.3 Å². The molecule has 1 aromatic heterocycles. The minimum Gasteiger partial charge on any atom is -0.377 e. The molecule has 3 aromatic rings. The lowest BCUT2D eigenvalue weighted by atomic mass is 10.1. The first kappa shape index (κ1) is 17.2. The number of aromatic nitrogens is 1. The van der Waals surface area contributed by atoms with Crippen molar-refractivity contribution in [2.24, 2.45) is 0 Å². The third-order valence-electron chi connectivity index (χ3n) is 3.97. The van der Waals surface area contributed by atoms with Crippen molar-refractivity contribution in [3.05, 3.63) is 59.8 Å². The van der Waals surface area contributed by atoms with Crippen molar-refractivity contribution in [3.8, 4) is 0 Å². The molecule has 0 saturated carbocycles. The van der Waals surface area contributed by atoms with Gasteiger partial charge in [-0.15, -0.1) is 0 Å². The van der Waals surface area contributed by atoms with Crippen LogP contribution in [0.15, 0.2) is 53.4 Å². The molecule has 6 heteroatoms. The number of anilines is 2. The lowest BCUT2D eigenvalue weighted by Gasteiger charge is -2.17. The highest BCUT2D eigenvalue weighted by molar-refractivity contribution is 7.93. The zero-order valence-electron chi connectivity index (χ0n) is 14.7. The minimum absolute atomic E-state index is 0.245. The Balaban J connectivity index is 2.13.